The number of carbonyl (C=O) groups excluding carboxylic acids is 1. The maximum atomic E-state index is 13.1. The van der Waals surface area contributed by atoms with Gasteiger partial charge in [-0.15, -0.1) is 0 Å². The van der Waals surface area contributed by atoms with E-state index in [4.69, 9.17) is 18.9 Å². The fraction of sp³-hybridized carbons (Fsp3) is 0.852. The quantitative estimate of drug-likeness (QED) is 0.0204. The molecule has 0 bridgehead atoms. The second kappa shape index (κ2) is 46.8. The van der Waals surface area contributed by atoms with Gasteiger partial charge in [-0.2, -0.15) is 0 Å². The van der Waals surface area contributed by atoms with Crippen LogP contribution in [0.5, 0.6) is 0 Å². The third kappa shape index (κ3) is 32.6. The summed E-state index contributed by atoms with van der Waals surface area (Å²) in [5.41, 5.74) is 0. The highest BCUT2D eigenvalue weighted by Crippen LogP contribution is 2.30. The third-order valence-corrected chi connectivity index (χ3v) is 14.7. The van der Waals surface area contributed by atoms with Crippen molar-refractivity contribution in [3.05, 3.63) is 48.6 Å². The van der Waals surface area contributed by atoms with Crippen molar-refractivity contribution >= 4 is 5.91 Å². The van der Waals surface area contributed by atoms with Gasteiger partial charge in [0.05, 0.1) is 32.0 Å². The fourth-order valence-corrected chi connectivity index (χ4v) is 9.80. The number of allylic oxidation sites excluding steroid dienone is 7. The first-order valence-corrected chi connectivity index (χ1v) is 30.4. The van der Waals surface area contributed by atoms with Crippen LogP contribution < -0.4 is 5.32 Å². The van der Waals surface area contributed by atoms with E-state index >= 15 is 0 Å². The first-order chi connectivity index (χ1) is 36.6. The first-order valence-electron chi connectivity index (χ1n) is 30.4. The van der Waals surface area contributed by atoms with Gasteiger partial charge in [-0.1, -0.05) is 217 Å². The average molecular weight is 1070 g/mol. The molecule has 75 heavy (non-hydrogen) atoms. The molecule has 12 unspecified atom stereocenters. The van der Waals surface area contributed by atoms with Crippen LogP contribution in [-0.2, 0) is 23.7 Å². The molecule has 0 radical (unpaired) electrons. The summed E-state index contributed by atoms with van der Waals surface area (Å²) >= 11 is 0. The molecule has 1 amide bonds. The summed E-state index contributed by atoms with van der Waals surface area (Å²) in [6, 6.07) is -0.942. The number of carbonyl (C=O) groups is 1. The number of aliphatic hydroxyl groups excluding tert-OH is 8. The number of aliphatic hydroxyl groups is 8. The maximum absolute atomic E-state index is 13.1. The van der Waals surface area contributed by atoms with E-state index in [0.717, 1.165) is 70.6 Å². The predicted octanol–water partition coefficient (Wildman–Crippen LogP) is 10.4. The van der Waals surface area contributed by atoms with Crippen molar-refractivity contribution in [3.63, 3.8) is 0 Å². The molecular weight excluding hydrogens is 955 g/mol. The number of ether oxygens (including phenoxy) is 4. The molecule has 0 aromatic rings. The van der Waals surface area contributed by atoms with Gasteiger partial charge in [0.25, 0.3) is 0 Å². The van der Waals surface area contributed by atoms with Gasteiger partial charge in [-0.25, -0.2) is 0 Å². The van der Waals surface area contributed by atoms with Gasteiger partial charge < -0.3 is 65.1 Å². The van der Waals surface area contributed by atoms with Crippen molar-refractivity contribution in [2.45, 2.75) is 312 Å². The molecule has 2 saturated heterocycles. The minimum Gasteiger partial charge on any atom is -0.394 e. The minimum absolute atomic E-state index is 0.258. The number of amides is 1. The van der Waals surface area contributed by atoms with E-state index in [1.807, 2.05) is 6.08 Å². The summed E-state index contributed by atoms with van der Waals surface area (Å²) < 4.78 is 22.7. The molecule has 0 spiro atoms. The highest BCUT2D eigenvalue weighted by molar-refractivity contribution is 5.76. The zero-order valence-corrected chi connectivity index (χ0v) is 47.0. The van der Waals surface area contributed by atoms with Gasteiger partial charge in [0.2, 0.25) is 5.91 Å². The van der Waals surface area contributed by atoms with Crippen LogP contribution in [0.4, 0.5) is 0 Å². The lowest BCUT2D eigenvalue weighted by Crippen LogP contribution is -2.65. The highest BCUT2D eigenvalue weighted by Gasteiger charge is 2.51. The predicted molar refractivity (Wildman–Crippen MR) is 300 cm³/mol. The molecule has 9 N–H and O–H groups in total. The van der Waals surface area contributed by atoms with E-state index in [0.29, 0.717) is 12.8 Å². The number of nitrogens with one attached hydrogen (secondary N) is 1. The van der Waals surface area contributed by atoms with E-state index in [1.54, 1.807) is 6.08 Å². The van der Waals surface area contributed by atoms with Crippen LogP contribution in [0, 0.1) is 0 Å². The standard InChI is InChI=1S/C61H111NO13/c1-3-5-7-9-11-13-15-16-17-18-19-20-21-22-23-24-25-26-27-28-29-30-31-32-33-34-35-36-38-40-42-44-50(65)49(62-53(66)45-43-41-39-37-14-12-10-8-6-4-2)48-72-60-58(71)56(69)59(52(47-64)74-60)75-61-57(70)55(68)54(67)51(46-63)73-61/h8,10,31-32,35-36,42,44,49-52,54-61,63-65,67-71H,3-7,9,11-30,33-34,37-41,43,45-48H2,1-2H3,(H,62,66)/b10-8-,32-31+,36-35+,44-42+. The minimum atomic E-state index is -1.79. The molecule has 2 rings (SSSR count). The SMILES string of the molecule is CCC/C=C\CCCCCCCC(=O)NC(COC1OC(CO)C(OC2OC(CO)C(O)C(O)C2O)C(O)C1O)C(O)/C=C/CC/C=C/CC/C=C/CCCCCCCCCCCCCCCCCCCCCCC. The molecule has 0 aromatic carbocycles. The normalized spacial score (nSPS) is 25.4. The molecule has 14 heteroatoms. The summed E-state index contributed by atoms with van der Waals surface area (Å²) in [7, 11) is 0. The lowest BCUT2D eigenvalue weighted by Gasteiger charge is -2.46. The monoisotopic (exact) mass is 1070 g/mol. The number of hydrogen-bond acceptors (Lipinski definition) is 13. The van der Waals surface area contributed by atoms with Gasteiger partial charge in [-0.05, 0) is 64.2 Å². The Labute approximate surface area is 454 Å². The van der Waals surface area contributed by atoms with Crippen molar-refractivity contribution in [2.75, 3.05) is 19.8 Å². The molecular formula is C61H111NO13. The topological polar surface area (TPSA) is 228 Å². The Bertz CT molecular complexity index is 1440. The zero-order chi connectivity index (χ0) is 54.6. The first kappa shape index (κ1) is 69.1. The molecule has 0 aromatic heterocycles. The summed E-state index contributed by atoms with van der Waals surface area (Å²) in [6.45, 7) is 2.70. The summed E-state index contributed by atoms with van der Waals surface area (Å²) in [5, 5.41) is 86.8. The Morgan fingerprint density at radius 2 is 0.880 bits per heavy atom. The molecule has 2 fully saturated rings. The lowest BCUT2D eigenvalue weighted by atomic mass is 9.97. The van der Waals surface area contributed by atoms with E-state index in [1.165, 1.54) is 135 Å². The summed E-state index contributed by atoms with van der Waals surface area (Å²) in [6.07, 6.45) is 42.0. The molecule has 0 saturated carbocycles. The van der Waals surface area contributed by atoms with Gasteiger partial charge >= 0.3 is 0 Å². The summed E-state index contributed by atoms with van der Waals surface area (Å²) in [4.78, 5) is 13.1. The molecule has 0 aliphatic carbocycles. The molecule has 2 aliphatic heterocycles. The average Bonchev–Trinajstić information content (AvgIpc) is 3.41. The van der Waals surface area contributed by atoms with E-state index in [-0.39, 0.29) is 18.9 Å². The Morgan fingerprint density at radius 3 is 1.36 bits per heavy atom. The van der Waals surface area contributed by atoms with Crippen molar-refractivity contribution < 1.29 is 64.6 Å². The van der Waals surface area contributed by atoms with Crippen LogP contribution in [0.15, 0.2) is 48.6 Å². The molecule has 14 nitrogen and oxygen atoms in total. The van der Waals surface area contributed by atoms with Crippen LogP contribution in [0.3, 0.4) is 0 Å². The van der Waals surface area contributed by atoms with Crippen LogP contribution in [-0.4, -0.2) is 140 Å². The van der Waals surface area contributed by atoms with E-state index < -0.39 is 86.8 Å². The Hall–Kier alpha value is -2.05. The second-order valence-electron chi connectivity index (χ2n) is 21.5. The van der Waals surface area contributed by atoms with Gasteiger partial charge in [-0.3, -0.25) is 4.79 Å². The van der Waals surface area contributed by atoms with Gasteiger partial charge in [0.1, 0.15) is 48.8 Å². The lowest BCUT2D eigenvalue weighted by molar-refractivity contribution is -0.359. The molecule has 2 aliphatic rings. The number of rotatable bonds is 48. The third-order valence-electron chi connectivity index (χ3n) is 14.7. The maximum Gasteiger partial charge on any atom is 0.220 e. The highest BCUT2D eigenvalue weighted by atomic mass is 16.7. The summed E-state index contributed by atoms with van der Waals surface area (Å²) in [5.74, 6) is -0.266. The fourth-order valence-electron chi connectivity index (χ4n) is 9.80. The Kier molecular flexibility index (Phi) is 43.1. The van der Waals surface area contributed by atoms with Crippen molar-refractivity contribution in [3.8, 4) is 0 Å². The number of hydrogen-bond donors (Lipinski definition) is 9. The second-order valence-corrected chi connectivity index (χ2v) is 21.5. The molecule has 438 valence electrons. The molecule has 2 heterocycles. The number of unbranched alkanes of at least 4 members (excludes halogenated alkanes) is 29. The van der Waals surface area contributed by atoms with Crippen LogP contribution >= 0.6 is 0 Å². The van der Waals surface area contributed by atoms with Gasteiger partial charge in [0, 0.05) is 6.42 Å². The smallest absolute Gasteiger partial charge is 0.220 e. The molecule has 12 atom stereocenters. The van der Waals surface area contributed by atoms with Crippen molar-refractivity contribution in [1.29, 1.82) is 0 Å². The van der Waals surface area contributed by atoms with Crippen molar-refractivity contribution in [1.82, 2.24) is 5.32 Å². The van der Waals surface area contributed by atoms with E-state index in [2.05, 4.69) is 55.6 Å². The Balaban J connectivity index is 1.69. The van der Waals surface area contributed by atoms with E-state index in [9.17, 15) is 45.6 Å². The largest absolute Gasteiger partial charge is 0.394 e. The van der Waals surface area contributed by atoms with Crippen LogP contribution in [0.2, 0.25) is 0 Å². The van der Waals surface area contributed by atoms with Crippen molar-refractivity contribution in [2.24, 2.45) is 0 Å². The van der Waals surface area contributed by atoms with Crippen LogP contribution in [0.25, 0.3) is 0 Å². The zero-order valence-electron chi connectivity index (χ0n) is 47.0. The van der Waals surface area contributed by atoms with Crippen LogP contribution in [0.1, 0.15) is 239 Å². The van der Waals surface area contributed by atoms with Gasteiger partial charge in [0.15, 0.2) is 12.6 Å². The Morgan fingerprint density at radius 1 is 0.467 bits per heavy atom.